The molecule has 7 nitrogen and oxygen atoms in total. The molecule has 0 radical (unpaired) electrons. The second-order valence-electron chi connectivity index (χ2n) is 8.73. The van der Waals surface area contributed by atoms with Crippen molar-refractivity contribution in [1.29, 1.82) is 5.26 Å². The van der Waals surface area contributed by atoms with Crippen molar-refractivity contribution in [1.82, 2.24) is 9.47 Å². The van der Waals surface area contributed by atoms with Crippen LogP contribution in [0.5, 0.6) is 0 Å². The minimum Gasteiger partial charge on any atom is -0.372 e. The van der Waals surface area contributed by atoms with Crippen LogP contribution in [0.15, 0.2) is 34.0 Å². The molecule has 2 aromatic rings. The van der Waals surface area contributed by atoms with Crippen LogP contribution in [0.25, 0.3) is 6.08 Å². The minimum absolute atomic E-state index is 0.0357. The van der Waals surface area contributed by atoms with Crippen LogP contribution in [0.1, 0.15) is 36.1 Å². The number of thioether (sulfide) groups is 1. The van der Waals surface area contributed by atoms with Gasteiger partial charge in [-0.2, -0.15) is 5.26 Å². The fourth-order valence-electron chi connectivity index (χ4n) is 4.51. The number of amides is 1. The Hall–Kier alpha value is -2.64. The first-order chi connectivity index (χ1) is 16.6. The molecule has 2 atom stereocenters. The summed E-state index contributed by atoms with van der Waals surface area (Å²) in [7, 11) is 1.66. The molecule has 0 aliphatic carbocycles. The second kappa shape index (κ2) is 10.2. The molecule has 35 heavy (non-hydrogen) atoms. The van der Waals surface area contributed by atoms with Crippen molar-refractivity contribution in [2.24, 2.45) is 7.05 Å². The van der Waals surface area contributed by atoms with Crippen molar-refractivity contribution in [2.45, 2.75) is 39.5 Å². The Balaban J connectivity index is 1.80. The molecule has 1 amide bonds. The Labute approximate surface area is 218 Å². The third kappa shape index (κ3) is 4.89. The molecule has 1 aromatic carbocycles. The van der Waals surface area contributed by atoms with Crippen molar-refractivity contribution < 1.29 is 9.53 Å². The van der Waals surface area contributed by atoms with Crippen molar-refractivity contribution in [2.75, 3.05) is 18.0 Å². The summed E-state index contributed by atoms with van der Waals surface area (Å²) < 4.78 is 7.80. The Morgan fingerprint density at radius 1 is 1.26 bits per heavy atom. The van der Waals surface area contributed by atoms with E-state index < -0.39 is 0 Å². The number of aromatic nitrogens is 1. The van der Waals surface area contributed by atoms with Crippen LogP contribution in [-0.2, 0) is 23.1 Å². The van der Waals surface area contributed by atoms with Gasteiger partial charge in [-0.15, -0.1) is 0 Å². The zero-order valence-corrected chi connectivity index (χ0v) is 22.3. The van der Waals surface area contributed by atoms with E-state index in [1.165, 1.54) is 21.2 Å². The van der Waals surface area contributed by atoms with Gasteiger partial charge in [0.05, 0.1) is 23.7 Å². The van der Waals surface area contributed by atoms with Crippen molar-refractivity contribution >= 4 is 57.7 Å². The molecule has 0 N–H and O–H groups in total. The average Bonchev–Trinajstić information content (AvgIpc) is 3.06. The van der Waals surface area contributed by atoms with Crippen molar-refractivity contribution in [3.63, 3.8) is 0 Å². The third-order valence-electron chi connectivity index (χ3n) is 6.12. The maximum Gasteiger partial charge on any atom is 0.270 e. The summed E-state index contributed by atoms with van der Waals surface area (Å²) >= 11 is 13.0. The predicted octanol–water partition coefficient (Wildman–Crippen LogP) is 4.23. The summed E-state index contributed by atoms with van der Waals surface area (Å²) in [6.07, 6.45) is 1.68. The first kappa shape index (κ1) is 25.5. The maximum absolute atomic E-state index is 13.4. The summed E-state index contributed by atoms with van der Waals surface area (Å²) in [4.78, 5) is 30.4. The molecule has 4 rings (SSSR count). The number of rotatable bonds is 4. The van der Waals surface area contributed by atoms with Gasteiger partial charge in [-0.3, -0.25) is 19.1 Å². The van der Waals surface area contributed by atoms with Gasteiger partial charge >= 0.3 is 0 Å². The van der Waals surface area contributed by atoms with Crippen molar-refractivity contribution in [3.8, 4) is 6.07 Å². The number of nitriles is 1. The number of anilines is 1. The molecular formula is C25H25ClN4O3S2. The lowest BCUT2D eigenvalue weighted by Crippen LogP contribution is -2.47. The summed E-state index contributed by atoms with van der Waals surface area (Å²) in [6, 6.07) is 9.37. The topological polar surface area (TPSA) is 78.6 Å². The van der Waals surface area contributed by atoms with Crippen LogP contribution < -0.4 is 10.5 Å². The van der Waals surface area contributed by atoms with Gasteiger partial charge in [0, 0.05) is 30.7 Å². The first-order valence-corrected chi connectivity index (χ1v) is 12.8. The smallest absolute Gasteiger partial charge is 0.270 e. The van der Waals surface area contributed by atoms with E-state index >= 15 is 0 Å². The maximum atomic E-state index is 13.4. The minimum atomic E-state index is -0.366. The predicted molar refractivity (Wildman–Crippen MR) is 144 cm³/mol. The number of carbonyl (C=O) groups is 1. The van der Waals surface area contributed by atoms with Gasteiger partial charge in [0.25, 0.3) is 11.5 Å². The Morgan fingerprint density at radius 3 is 2.54 bits per heavy atom. The third-order valence-corrected chi connectivity index (χ3v) is 7.87. The summed E-state index contributed by atoms with van der Waals surface area (Å²) in [5, 5.41) is 10.3. The number of benzene rings is 1. The van der Waals surface area contributed by atoms with Crippen LogP contribution in [0, 0.1) is 18.3 Å². The number of hydrogen-bond acceptors (Lipinski definition) is 7. The Morgan fingerprint density at radius 2 is 1.91 bits per heavy atom. The fraction of sp³-hybridized carbons (Fsp3) is 0.360. The molecule has 2 aliphatic heterocycles. The zero-order valence-electron chi connectivity index (χ0n) is 19.9. The molecule has 0 spiro atoms. The summed E-state index contributed by atoms with van der Waals surface area (Å²) in [5.74, 6) is 0.422. The van der Waals surface area contributed by atoms with E-state index in [2.05, 4.69) is 4.90 Å². The molecule has 0 bridgehead atoms. The zero-order chi connectivity index (χ0) is 25.4. The molecule has 0 unspecified atom stereocenters. The SMILES string of the molecule is Cc1c(/C=C2\SC(=S)N(Cc3ccccc3Cl)C2=O)c(N2C[C@H](C)O[C@@H](C)C2)n(C)c(=O)c1C#N. The van der Waals surface area contributed by atoms with E-state index in [-0.39, 0.29) is 35.8 Å². The number of morpholine rings is 1. The highest BCUT2D eigenvalue weighted by molar-refractivity contribution is 8.26. The Kier molecular flexibility index (Phi) is 7.38. The van der Waals surface area contributed by atoms with Gasteiger partial charge in [-0.25, -0.2) is 0 Å². The highest BCUT2D eigenvalue weighted by atomic mass is 35.5. The molecule has 182 valence electrons. The van der Waals surface area contributed by atoms with Gasteiger partial charge in [-0.1, -0.05) is 53.8 Å². The molecule has 3 heterocycles. The number of halogens is 1. The van der Waals surface area contributed by atoms with Gasteiger partial charge in [0.2, 0.25) is 0 Å². The molecule has 1 aromatic heterocycles. The van der Waals surface area contributed by atoms with Gasteiger partial charge in [-0.05, 0) is 44.0 Å². The van der Waals surface area contributed by atoms with E-state index in [0.29, 0.717) is 44.3 Å². The van der Waals surface area contributed by atoms with E-state index in [1.54, 1.807) is 26.1 Å². The number of pyridine rings is 1. The van der Waals surface area contributed by atoms with Gasteiger partial charge in [0.15, 0.2) is 0 Å². The fourth-order valence-corrected chi connectivity index (χ4v) is 5.94. The molecule has 2 aliphatic rings. The molecule has 2 saturated heterocycles. The number of thiocarbonyl (C=S) groups is 1. The van der Waals surface area contributed by atoms with Crippen LogP contribution >= 0.6 is 35.6 Å². The normalized spacial score (nSPS) is 21.7. The monoisotopic (exact) mass is 528 g/mol. The number of ether oxygens (including phenoxy) is 1. The Bertz CT molecular complexity index is 1340. The van der Waals surface area contributed by atoms with Gasteiger partial charge in [0.1, 0.15) is 21.8 Å². The number of carbonyl (C=O) groups excluding carboxylic acids is 1. The average molecular weight is 529 g/mol. The van der Waals surface area contributed by atoms with E-state index in [4.69, 9.17) is 28.6 Å². The van der Waals surface area contributed by atoms with E-state index in [0.717, 1.165) is 5.56 Å². The van der Waals surface area contributed by atoms with Crippen molar-refractivity contribution in [3.05, 3.63) is 66.8 Å². The summed E-state index contributed by atoms with van der Waals surface area (Å²) in [6.45, 7) is 7.14. The summed E-state index contributed by atoms with van der Waals surface area (Å²) in [5.41, 5.74) is 1.68. The van der Waals surface area contributed by atoms with Crippen LogP contribution in [0.2, 0.25) is 5.02 Å². The number of nitrogens with zero attached hydrogens (tertiary/aromatic N) is 4. The standard InChI is InChI=1S/C25H25ClN4O3S2/c1-14-11-29(12-15(2)33-14)22-18(16(3)19(10-27)23(31)28(22)4)9-21-24(32)30(25(34)35-21)13-17-7-5-6-8-20(17)26/h5-9,14-15H,11-13H2,1-4H3/b21-9-/t14-,15-/m0/s1. The quantitative estimate of drug-likeness (QED) is 0.434. The molecule has 2 fully saturated rings. The number of hydrogen-bond donors (Lipinski definition) is 0. The van der Waals surface area contributed by atoms with Crippen LogP contribution in [0.4, 0.5) is 5.82 Å². The van der Waals surface area contributed by atoms with Crippen LogP contribution in [0.3, 0.4) is 0 Å². The molecule has 10 heteroatoms. The van der Waals surface area contributed by atoms with Crippen LogP contribution in [-0.4, -0.2) is 45.0 Å². The highest BCUT2D eigenvalue weighted by Gasteiger charge is 2.34. The molecular weight excluding hydrogens is 504 g/mol. The molecule has 0 saturated carbocycles. The second-order valence-corrected chi connectivity index (χ2v) is 10.8. The van der Waals surface area contributed by atoms with E-state index in [1.807, 2.05) is 38.1 Å². The highest BCUT2D eigenvalue weighted by Crippen LogP contribution is 2.37. The largest absolute Gasteiger partial charge is 0.372 e. The lowest BCUT2D eigenvalue weighted by atomic mass is 10.0. The van der Waals surface area contributed by atoms with E-state index in [9.17, 15) is 14.9 Å². The lowest BCUT2D eigenvalue weighted by molar-refractivity contribution is -0.122. The first-order valence-electron chi connectivity index (χ1n) is 11.1. The lowest BCUT2D eigenvalue weighted by Gasteiger charge is -2.38. The van der Waals surface area contributed by atoms with Gasteiger partial charge < -0.3 is 9.64 Å².